The van der Waals surface area contributed by atoms with E-state index in [9.17, 15) is 4.79 Å². The molecule has 0 spiro atoms. The number of benzene rings is 1. The number of carbonyl (C=O) groups is 1. The first-order valence-corrected chi connectivity index (χ1v) is 5.41. The van der Waals surface area contributed by atoms with Gasteiger partial charge in [0.25, 0.3) is 0 Å². The Morgan fingerprint density at radius 1 is 1.38 bits per heavy atom. The Morgan fingerprint density at radius 3 is 2.81 bits per heavy atom. The molecule has 1 aromatic rings. The van der Waals surface area contributed by atoms with E-state index in [0.717, 1.165) is 13.0 Å². The number of anilines is 1. The van der Waals surface area contributed by atoms with Crippen molar-refractivity contribution in [2.45, 2.75) is 13.3 Å². The van der Waals surface area contributed by atoms with Crippen LogP contribution in [0.25, 0.3) is 0 Å². The fourth-order valence-corrected chi connectivity index (χ4v) is 1.32. The molecule has 16 heavy (non-hydrogen) atoms. The number of para-hydroxylation sites is 2. The van der Waals surface area contributed by atoms with Crippen LogP contribution in [-0.2, 0) is 4.79 Å². The third-order valence-electron chi connectivity index (χ3n) is 2.09. The second kappa shape index (κ2) is 6.85. The quantitative estimate of drug-likeness (QED) is 0.719. The first-order valence-electron chi connectivity index (χ1n) is 5.41. The van der Waals surface area contributed by atoms with Gasteiger partial charge < -0.3 is 15.4 Å². The van der Waals surface area contributed by atoms with Gasteiger partial charge in [0.05, 0.1) is 19.3 Å². The summed E-state index contributed by atoms with van der Waals surface area (Å²) in [6, 6.07) is 7.35. The topological polar surface area (TPSA) is 50.4 Å². The second-order valence-electron chi connectivity index (χ2n) is 3.43. The molecular formula is C12H18N2O2. The van der Waals surface area contributed by atoms with Crippen molar-refractivity contribution in [3.05, 3.63) is 24.3 Å². The standard InChI is InChI=1S/C12H18N2O2/c1-3-8-13-9-12(15)14-10-6-4-5-7-11(10)16-2/h4-7,13H,3,8-9H2,1-2H3,(H,14,15). The van der Waals surface area contributed by atoms with Crippen molar-refractivity contribution >= 4 is 11.6 Å². The molecule has 0 atom stereocenters. The van der Waals surface area contributed by atoms with Crippen LogP contribution < -0.4 is 15.4 Å². The number of hydrogen-bond donors (Lipinski definition) is 2. The van der Waals surface area contributed by atoms with Crippen LogP contribution in [0, 0.1) is 0 Å². The molecule has 0 heterocycles. The SMILES string of the molecule is CCCNCC(=O)Nc1ccccc1OC. The predicted octanol–water partition coefficient (Wildman–Crippen LogP) is 1.63. The van der Waals surface area contributed by atoms with Crippen molar-refractivity contribution < 1.29 is 9.53 Å². The second-order valence-corrected chi connectivity index (χ2v) is 3.43. The summed E-state index contributed by atoms with van der Waals surface area (Å²) in [6.45, 7) is 3.23. The van der Waals surface area contributed by atoms with Crippen molar-refractivity contribution in [3.63, 3.8) is 0 Å². The minimum Gasteiger partial charge on any atom is -0.495 e. The monoisotopic (exact) mass is 222 g/mol. The lowest BCUT2D eigenvalue weighted by molar-refractivity contribution is -0.115. The molecular weight excluding hydrogens is 204 g/mol. The molecule has 4 heteroatoms. The maximum absolute atomic E-state index is 11.5. The van der Waals surface area contributed by atoms with Gasteiger partial charge in [-0.1, -0.05) is 19.1 Å². The average molecular weight is 222 g/mol. The van der Waals surface area contributed by atoms with E-state index in [1.54, 1.807) is 7.11 Å². The summed E-state index contributed by atoms with van der Waals surface area (Å²) in [5.74, 6) is 0.615. The fourth-order valence-electron chi connectivity index (χ4n) is 1.32. The van der Waals surface area contributed by atoms with Crippen molar-refractivity contribution in [2.75, 3.05) is 25.5 Å². The summed E-state index contributed by atoms with van der Waals surface area (Å²) in [5, 5.41) is 5.83. The van der Waals surface area contributed by atoms with Crippen LogP contribution in [0.1, 0.15) is 13.3 Å². The average Bonchev–Trinajstić information content (AvgIpc) is 2.30. The Labute approximate surface area is 96.0 Å². The molecule has 0 aromatic heterocycles. The van der Waals surface area contributed by atoms with Gasteiger partial charge in [-0.25, -0.2) is 0 Å². The zero-order valence-electron chi connectivity index (χ0n) is 9.75. The van der Waals surface area contributed by atoms with Gasteiger partial charge in [-0.15, -0.1) is 0 Å². The van der Waals surface area contributed by atoms with Gasteiger partial charge in [-0.05, 0) is 25.1 Å². The molecule has 0 bridgehead atoms. The molecule has 4 nitrogen and oxygen atoms in total. The van der Waals surface area contributed by atoms with E-state index < -0.39 is 0 Å². The van der Waals surface area contributed by atoms with Crippen molar-refractivity contribution in [1.82, 2.24) is 5.32 Å². The van der Waals surface area contributed by atoms with Gasteiger partial charge in [0, 0.05) is 0 Å². The Hall–Kier alpha value is -1.55. The lowest BCUT2D eigenvalue weighted by atomic mass is 10.3. The number of ether oxygens (including phenoxy) is 1. The molecule has 1 rings (SSSR count). The van der Waals surface area contributed by atoms with Crippen molar-refractivity contribution in [3.8, 4) is 5.75 Å². The largest absolute Gasteiger partial charge is 0.495 e. The number of rotatable bonds is 6. The zero-order valence-corrected chi connectivity index (χ0v) is 9.75. The fraction of sp³-hybridized carbons (Fsp3) is 0.417. The van der Waals surface area contributed by atoms with E-state index in [-0.39, 0.29) is 5.91 Å². The van der Waals surface area contributed by atoms with Gasteiger partial charge >= 0.3 is 0 Å². The number of nitrogens with one attached hydrogen (secondary N) is 2. The van der Waals surface area contributed by atoms with Crippen LogP contribution in [0.4, 0.5) is 5.69 Å². The third-order valence-corrected chi connectivity index (χ3v) is 2.09. The van der Waals surface area contributed by atoms with Gasteiger partial charge in [0.2, 0.25) is 5.91 Å². The Balaban J connectivity index is 2.49. The van der Waals surface area contributed by atoms with E-state index in [4.69, 9.17) is 4.74 Å². The first kappa shape index (κ1) is 12.5. The van der Waals surface area contributed by atoms with Crippen molar-refractivity contribution in [1.29, 1.82) is 0 Å². The molecule has 1 aromatic carbocycles. The molecule has 88 valence electrons. The molecule has 0 aliphatic heterocycles. The summed E-state index contributed by atoms with van der Waals surface area (Å²) >= 11 is 0. The lowest BCUT2D eigenvalue weighted by Crippen LogP contribution is -2.28. The summed E-state index contributed by atoms with van der Waals surface area (Å²) in [4.78, 5) is 11.5. The Kier molecular flexibility index (Phi) is 5.36. The van der Waals surface area contributed by atoms with Crippen LogP contribution in [0.3, 0.4) is 0 Å². The van der Waals surface area contributed by atoms with Gasteiger partial charge in [0.1, 0.15) is 5.75 Å². The third kappa shape index (κ3) is 3.90. The number of hydrogen-bond acceptors (Lipinski definition) is 3. The molecule has 0 aliphatic rings. The Morgan fingerprint density at radius 2 is 2.12 bits per heavy atom. The molecule has 0 saturated carbocycles. The predicted molar refractivity (Wildman–Crippen MR) is 64.8 cm³/mol. The van der Waals surface area contributed by atoms with E-state index in [0.29, 0.717) is 18.0 Å². The van der Waals surface area contributed by atoms with Gasteiger partial charge in [-0.3, -0.25) is 4.79 Å². The summed E-state index contributed by atoms with van der Waals surface area (Å²) < 4.78 is 5.14. The summed E-state index contributed by atoms with van der Waals surface area (Å²) in [6.07, 6.45) is 1.02. The zero-order chi connectivity index (χ0) is 11.8. The minimum absolute atomic E-state index is 0.0575. The Bertz CT molecular complexity index is 340. The lowest BCUT2D eigenvalue weighted by Gasteiger charge is -2.09. The minimum atomic E-state index is -0.0575. The molecule has 0 radical (unpaired) electrons. The summed E-state index contributed by atoms with van der Waals surface area (Å²) in [5.41, 5.74) is 0.702. The highest BCUT2D eigenvalue weighted by molar-refractivity contribution is 5.93. The van der Waals surface area contributed by atoms with E-state index in [1.165, 1.54) is 0 Å². The highest BCUT2D eigenvalue weighted by atomic mass is 16.5. The molecule has 0 unspecified atom stereocenters. The number of amides is 1. The normalized spacial score (nSPS) is 9.88. The van der Waals surface area contributed by atoms with E-state index in [2.05, 4.69) is 17.6 Å². The maximum atomic E-state index is 11.5. The highest BCUT2D eigenvalue weighted by Gasteiger charge is 2.05. The smallest absolute Gasteiger partial charge is 0.238 e. The number of carbonyl (C=O) groups excluding carboxylic acids is 1. The number of methoxy groups -OCH3 is 1. The van der Waals surface area contributed by atoms with Crippen molar-refractivity contribution in [2.24, 2.45) is 0 Å². The highest BCUT2D eigenvalue weighted by Crippen LogP contribution is 2.22. The van der Waals surface area contributed by atoms with Crippen LogP contribution in [0.2, 0.25) is 0 Å². The molecule has 2 N–H and O–H groups in total. The van der Waals surface area contributed by atoms with Crippen LogP contribution in [0.15, 0.2) is 24.3 Å². The van der Waals surface area contributed by atoms with Crippen LogP contribution in [-0.4, -0.2) is 26.1 Å². The molecule has 0 fully saturated rings. The van der Waals surface area contributed by atoms with Crippen LogP contribution in [0.5, 0.6) is 5.75 Å². The molecule has 0 saturated heterocycles. The first-order chi connectivity index (χ1) is 7.77. The molecule has 1 amide bonds. The van der Waals surface area contributed by atoms with E-state index in [1.807, 2.05) is 24.3 Å². The van der Waals surface area contributed by atoms with Gasteiger partial charge in [0.15, 0.2) is 0 Å². The summed E-state index contributed by atoms with van der Waals surface area (Å²) in [7, 11) is 1.58. The molecule has 0 aliphatic carbocycles. The van der Waals surface area contributed by atoms with Crippen LogP contribution >= 0.6 is 0 Å². The van der Waals surface area contributed by atoms with E-state index >= 15 is 0 Å². The maximum Gasteiger partial charge on any atom is 0.238 e. The van der Waals surface area contributed by atoms with Gasteiger partial charge in [-0.2, -0.15) is 0 Å².